The summed E-state index contributed by atoms with van der Waals surface area (Å²) >= 11 is 1.60. The topological polar surface area (TPSA) is 62.6 Å². The van der Waals surface area contributed by atoms with E-state index in [2.05, 4.69) is 19.2 Å². The van der Waals surface area contributed by atoms with Crippen LogP contribution in [0.2, 0.25) is 0 Å². The van der Waals surface area contributed by atoms with Crippen LogP contribution in [0.15, 0.2) is 64.6 Å². The van der Waals surface area contributed by atoms with Crippen LogP contribution in [0, 0.1) is 5.92 Å². The van der Waals surface area contributed by atoms with Crippen molar-refractivity contribution in [3.05, 3.63) is 81.9 Å². The molecule has 3 heterocycles. The highest BCUT2D eigenvalue weighted by Gasteiger charge is 2.44. The molecule has 4 rings (SSSR count). The average Bonchev–Trinajstić information content (AvgIpc) is 3.48. The first kappa shape index (κ1) is 22.3. The second-order valence-corrected chi connectivity index (χ2v) is 9.88. The second-order valence-electron chi connectivity index (χ2n) is 8.90. The Morgan fingerprint density at radius 1 is 1.12 bits per heavy atom. The van der Waals surface area contributed by atoms with Crippen LogP contribution in [-0.2, 0) is 11.2 Å². The molecule has 3 aromatic rings. The number of rotatable bonds is 8. The molecule has 32 heavy (non-hydrogen) atoms. The van der Waals surface area contributed by atoms with Crippen molar-refractivity contribution < 1.29 is 14.0 Å². The number of nitrogens with one attached hydrogen (secondary N) is 1. The number of nitrogens with zero attached hydrogens (tertiary/aromatic N) is 1. The van der Waals surface area contributed by atoms with Gasteiger partial charge in [0, 0.05) is 29.4 Å². The zero-order valence-electron chi connectivity index (χ0n) is 18.8. The van der Waals surface area contributed by atoms with Crippen molar-refractivity contribution >= 4 is 23.2 Å². The average molecular weight is 451 g/mol. The molecule has 1 aromatic carbocycles. The lowest BCUT2D eigenvalue weighted by Crippen LogP contribution is -2.49. The van der Waals surface area contributed by atoms with E-state index >= 15 is 0 Å². The fourth-order valence-electron chi connectivity index (χ4n) is 4.46. The summed E-state index contributed by atoms with van der Waals surface area (Å²) in [6.07, 6.45) is 3.22. The van der Waals surface area contributed by atoms with Gasteiger partial charge in [-0.15, -0.1) is 11.3 Å². The lowest BCUT2D eigenvalue weighted by Gasteiger charge is -2.42. The molecule has 2 amide bonds. The maximum atomic E-state index is 13.7. The summed E-state index contributed by atoms with van der Waals surface area (Å²) in [6.45, 7) is 6.83. The first-order valence-corrected chi connectivity index (χ1v) is 12.1. The van der Waals surface area contributed by atoms with Crippen molar-refractivity contribution in [2.45, 2.75) is 51.6 Å². The molecule has 0 saturated carbocycles. The molecule has 3 unspecified atom stereocenters. The molecule has 5 nitrogen and oxygen atoms in total. The van der Waals surface area contributed by atoms with Crippen LogP contribution in [0.4, 0.5) is 0 Å². The van der Waals surface area contributed by atoms with Crippen molar-refractivity contribution in [1.82, 2.24) is 10.2 Å². The van der Waals surface area contributed by atoms with Crippen molar-refractivity contribution in [1.29, 1.82) is 0 Å². The maximum Gasteiger partial charge on any atom is 0.254 e. The van der Waals surface area contributed by atoms with E-state index in [1.165, 1.54) is 0 Å². The number of hydrogen-bond acceptors (Lipinski definition) is 4. The zero-order chi connectivity index (χ0) is 22.7. The number of thiophene rings is 1. The Bertz CT molecular complexity index is 1040. The molecule has 1 N–H and O–H groups in total. The van der Waals surface area contributed by atoms with Gasteiger partial charge in [-0.3, -0.25) is 9.59 Å². The first-order valence-electron chi connectivity index (χ1n) is 11.2. The van der Waals surface area contributed by atoms with Crippen LogP contribution in [0.25, 0.3) is 0 Å². The Labute approximate surface area is 193 Å². The van der Waals surface area contributed by atoms with E-state index in [1.807, 2.05) is 65.7 Å². The molecule has 0 aliphatic carbocycles. The molecule has 0 saturated heterocycles. The predicted molar refractivity (Wildman–Crippen MR) is 127 cm³/mol. The maximum absolute atomic E-state index is 13.7. The smallest absolute Gasteiger partial charge is 0.254 e. The molecular formula is C26H30N2O3S. The predicted octanol–water partition coefficient (Wildman–Crippen LogP) is 5.42. The SMILES string of the molecule is CC(C)CN1C(=O)c2ccccc2C(C(=O)NC(C)CCc2ccco2)C1c1cccs1. The first-order chi connectivity index (χ1) is 15.5. The molecule has 0 fully saturated rings. The van der Waals surface area contributed by atoms with Gasteiger partial charge in [0.05, 0.1) is 18.2 Å². The number of furan rings is 1. The summed E-state index contributed by atoms with van der Waals surface area (Å²) in [6, 6.07) is 15.1. The van der Waals surface area contributed by atoms with Crippen LogP contribution in [-0.4, -0.2) is 29.3 Å². The number of fused-ring (bicyclic) bond motifs is 1. The quantitative estimate of drug-likeness (QED) is 0.499. The normalized spacial score (nSPS) is 19.1. The monoisotopic (exact) mass is 450 g/mol. The lowest BCUT2D eigenvalue weighted by molar-refractivity contribution is -0.124. The Morgan fingerprint density at radius 3 is 2.62 bits per heavy atom. The van der Waals surface area contributed by atoms with Crippen molar-refractivity contribution in [2.24, 2.45) is 5.92 Å². The highest BCUT2D eigenvalue weighted by Crippen LogP contribution is 2.44. The third-order valence-corrected chi connectivity index (χ3v) is 6.85. The Balaban J connectivity index is 1.65. The third kappa shape index (κ3) is 4.65. The fraction of sp³-hybridized carbons (Fsp3) is 0.385. The zero-order valence-corrected chi connectivity index (χ0v) is 19.6. The second kappa shape index (κ2) is 9.74. The summed E-state index contributed by atoms with van der Waals surface area (Å²) in [5.41, 5.74) is 1.44. The van der Waals surface area contributed by atoms with Gasteiger partial charge in [-0.25, -0.2) is 0 Å². The van der Waals surface area contributed by atoms with Gasteiger partial charge in [0.25, 0.3) is 5.91 Å². The number of carbonyl (C=O) groups excluding carboxylic acids is 2. The number of benzene rings is 1. The Hall–Kier alpha value is -2.86. The van der Waals surface area contributed by atoms with Gasteiger partial charge < -0.3 is 14.6 Å². The van der Waals surface area contributed by atoms with Gasteiger partial charge in [0.15, 0.2) is 0 Å². The fourth-order valence-corrected chi connectivity index (χ4v) is 5.34. The molecular weight excluding hydrogens is 420 g/mol. The van der Waals surface area contributed by atoms with E-state index in [0.717, 1.165) is 29.0 Å². The highest BCUT2D eigenvalue weighted by molar-refractivity contribution is 7.10. The molecule has 0 spiro atoms. The number of aryl methyl sites for hydroxylation is 1. The summed E-state index contributed by atoms with van der Waals surface area (Å²) in [7, 11) is 0. The summed E-state index contributed by atoms with van der Waals surface area (Å²) in [5, 5.41) is 5.23. The van der Waals surface area contributed by atoms with E-state index in [1.54, 1.807) is 17.6 Å². The minimum absolute atomic E-state index is 0.00242. The number of hydrogen-bond donors (Lipinski definition) is 1. The van der Waals surface area contributed by atoms with Crippen molar-refractivity contribution in [2.75, 3.05) is 6.54 Å². The van der Waals surface area contributed by atoms with Crippen LogP contribution >= 0.6 is 11.3 Å². The van der Waals surface area contributed by atoms with Gasteiger partial charge >= 0.3 is 0 Å². The summed E-state index contributed by atoms with van der Waals surface area (Å²) in [5.74, 6) is 0.723. The van der Waals surface area contributed by atoms with Gasteiger partial charge in [-0.1, -0.05) is 38.1 Å². The van der Waals surface area contributed by atoms with Gasteiger partial charge in [0.2, 0.25) is 5.91 Å². The largest absolute Gasteiger partial charge is 0.469 e. The minimum Gasteiger partial charge on any atom is -0.469 e. The van der Waals surface area contributed by atoms with Gasteiger partial charge in [-0.2, -0.15) is 0 Å². The number of amides is 2. The molecule has 1 aliphatic rings. The Morgan fingerprint density at radius 2 is 1.94 bits per heavy atom. The highest BCUT2D eigenvalue weighted by atomic mass is 32.1. The minimum atomic E-state index is -0.452. The molecule has 0 bridgehead atoms. The molecule has 0 radical (unpaired) electrons. The Kier molecular flexibility index (Phi) is 6.80. The lowest BCUT2D eigenvalue weighted by atomic mass is 9.81. The van der Waals surface area contributed by atoms with E-state index in [9.17, 15) is 9.59 Å². The van der Waals surface area contributed by atoms with Crippen LogP contribution in [0.1, 0.15) is 65.7 Å². The van der Waals surface area contributed by atoms with Crippen LogP contribution < -0.4 is 5.32 Å². The molecule has 1 aliphatic heterocycles. The summed E-state index contributed by atoms with van der Waals surface area (Å²) in [4.78, 5) is 30.1. The third-order valence-electron chi connectivity index (χ3n) is 5.91. The number of carbonyl (C=O) groups is 2. The van der Waals surface area contributed by atoms with E-state index in [0.29, 0.717) is 18.0 Å². The molecule has 3 atom stereocenters. The molecule has 6 heteroatoms. The molecule has 2 aromatic heterocycles. The van der Waals surface area contributed by atoms with E-state index < -0.39 is 5.92 Å². The van der Waals surface area contributed by atoms with E-state index in [4.69, 9.17) is 4.42 Å². The standard InChI is InChI=1S/C26H30N2O3S/c1-17(2)16-28-24(22-11-7-15-32-22)23(20-9-4-5-10-21(20)26(28)30)25(29)27-18(3)12-13-19-8-6-14-31-19/h4-11,14-15,17-18,23-24H,12-13,16H2,1-3H3,(H,27,29). The van der Waals surface area contributed by atoms with Gasteiger partial charge in [0.1, 0.15) is 5.76 Å². The van der Waals surface area contributed by atoms with E-state index in [-0.39, 0.29) is 23.9 Å². The summed E-state index contributed by atoms with van der Waals surface area (Å²) < 4.78 is 5.43. The molecule has 168 valence electrons. The van der Waals surface area contributed by atoms with Crippen LogP contribution in [0.3, 0.4) is 0 Å². The van der Waals surface area contributed by atoms with Crippen LogP contribution in [0.5, 0.6) is 0 Å². The van der Waals surface area contributed by atoms with Gasteiger partial charge in [-0.05, 0) is 54.5 Å². The van der Waals surface area contributed by atoms with Crippen molar-refractivity contribution in [3.63, 3.8) is 0 Å². The van der Waals surface area contributed by atoms with Crippen molar-refractivity contribution in [3.8, 4) is 0 Å².